The van der Waals surface area contributed by atoms with E-state index in [-0.39, 0.29) is 18.7 Å². The smallest absolute Gasteiger partial charge is 0.354 e. The van der Waals surface area contributed by atoms with Gasteiger partial charge in [0.05, 0.1) is 13.0 Å². The van der Waals surface area contributed by atoms with Gasteiger partial charge < -0.3 is 9.84 Å². The molecule has 1 heterocycles. The largest absolute Gasteiger partial charge is 0.461 e. The molecule has 0 spiro atoms. The van der Waals surface area contributed by atoms with Crippen LogP contribution in [0.4, 0.5) is 0 Å². The van der Waals surface area contributed by atoms with Gasteiger partial charge >= 0.3 is 5.97 Å². The van der Waals surface area contributed by atoms with Crippen LogP contribution >= 0.6 is 11.6 Å². The molecule has 1 aliphatic rings. The van der Waals surface area contributed by atoms with Crippen molar-refractivity contribution in [3.05, 3.63) is 70.2 Å². The lowest BCUT2D eigenvalue weighted by molar-refractivity contribution is -0.135. The number of rotatable bonds is 4. The van der Waals surface area contributed by atoms with E-state index in [1.165, 1.54) is 0 Å². The van der Waals surface area contributed by atoms with Crippen LogP contribution in [-0.4, -0.2) is 34.3 Å². The average molecular weight is 387 g/mol. The topological polar surface area (TPSA) is 79.2 Å². The van der Waals surface area contributed by atoms with Crippen LogP contribution in [0.25, 0.3) is 0 Å². The molecule has 7 heteroatoms. The highest BCUT2D eigenvalue weighted by Gasteiger charge is 2.48. The second-order valence-electron chi connectivity index (χ2n) is 6.25. The van der Waals surface area contributed by atoms with Crippen molar-refractivity contribution in [3.63, 3.8) is 0 Å². The Bertz CT molecular complexity index is 910. The molecule has 0 aromatic heterocycles. The fourth-order valence-corrected chi connectivity index (χ4v) is 3.06. The number of esters is 1. The van der Waals surface area contributed by atoms with Crippen LogP contribution in [0.5, 0.6) is 0 Å². The van der Waals surface area contributed by atoms with Crippen molar-refractivity contribution >= 4 is 29.2 Å². The number of carbonyl (C=O) groups is 2. The van der Waals surface area contributed by atoms with Crippen LogP contribution in [0.15, 0.2) is 53.6 Å². The fraction of sp³-hybridized carbons (Fsp3) is 0.250. The molecule has 0 unspecified atom stereocenters. The van der Waals surface area contributed by atoms with Crippen molar-refractivity contribution < 1.29 is 19.4 Å². The average Bonchev–Trinajstić information content (AvgIpc) is 3.00. The first-order valence-electron chi connectivity index (χ1n) is 8.49. The second-order valence-corrected chi connectivity index (χ2v) is 6.69. The Balaban J connectivity index is 2.04. The molecule has 2 aromatic rings. The molecule has 0 radical (unpaired) electrons. The molecule has 1 atom stereocenters. The van der Waals surface area contributed by atoms with Crippen molar-refractivity contribution in [1.82, 2.24) is 5.01 Å². The van der Waals surface area contributed by atoms with E-state index in [1.54, 1.807) is 49.4 Å². The van der Waals surface area contributed by atoms with Gasteiger partial charge in [0.2, 0.25) is 0 Å². The Kier molecular flexibility index (Phi) is 5.30. The first-order valence-corrected chi connectivity index (χ1v) is 8.87. The monoisotopic (exact) mass is 386 g/mol. The van der Waals surface area contributed by atoms with E-state index in [9.17, 15) is 14.7 Å². The lowest BCUT2D eigenvalue weighted by atomic mass is 9.96. The number of hydrazone groups is 1. The third-order valence-corrected chi connectivity index (χ3v) is 4.51. The van der Waals surface area contributed by atoms with Gasteiger partial charge in [-0.15, -0.1) is 0 Å². The Hall–Kier alpha value is -2.70. The lowest BCUT2D eigenvalue weighted by Gasteiger charge is -2.31. The van der Waals surface area contributed by atoms with Gasteiger partial charge in [0.1, 0.15) is 0 Å². The molecular formula is C20H19ClN2O4. The predicted octanol–water partition coefficient (Wildman–Crippen LogP) is 3.26. The van der Waals surface area contributed by atoms with Gasteiger partial charge in [-0.05, 0) is 38.1 Å². The number of ether oxygens (including phenoxy) is 1. The second kappa shape index (κ2) is 7.50. The van der Waals surface area contributed by atoms with Gasteiger partial charge in [-0.25, -0.2) is 4.79 Å². The van der Waals surface area contributed by atoms with E-state index in [2.05, 4.69) is 5.10 Å². The zero-order valence-electron chi connectivity index (χ0n) is 15.0. The maximum atomic E-state index is 13.1. The van der Waals surface area contributed by atoms with E-state index in [4.69, 9.17) is 16.3 Å². The van der Waals surface area contributed by atoms with Crippen molar-refractivity contribution in [3.8, 4) is 0 Å². The molecule has 0 fully saturated rings. The number of benzene rings is 2. The molecule has 0 saturated carbocycles. The highest BCUT2D eigenvalue weighted by Crippen LogP contribution is 2.37. The van der Waals surface area contributed by atoms with Crippen LogP contribution in [0.3, 0.4) is 0 Å². The summed E-state index contributed by atoms with van der Waals surface area (Å²) in [5.74, 6) is -1.18. The first-order chi connectivity index (χ1) is 12.8. The quantitative estimate of drug-likeness (QED) is 0.818. The summed E-state index contributed by atoms with van der Waals surface area (Å²) in [6.07, 6.45) is -0.176. The molecule has 1 N–H and O–H groups in total. The standard InChI is InChI=1S/C20H19ClN2O4/c1-3-27-19(25)17-12-20(26,15-7-9-16(21)10-8-15)23(22-17)18(24)14-6-4-5-13(2)11-14/h4-11,26H,3,12H2,1-2H3/t20-/m1/s1. The fourth-order valence-electron chi connectivity index (χ4n) is 2.93. The summed E-state index contributed by atoms with van der Waals surface area (Å²) in [5.41, 5.74) is -0.180. The zero-order chi connectivity index (χ0) is 19.6. The Morgan fingerprint density at radius 2 is 1.96 bits per heavy atom. The van der Waals surface area contributed by atoms with Gasteiger partial charge in [0, 0.05) is 16.1 Å². The van der Waals surface area contributed by atoms with E-state index >= 15 is 0 Å². The number of aryl methyl sites for hydroxylation is 1. The summed E-state index contributed by atoms with van der Waals surface area (Å²) in [5, 5.41) is 16.9. The molecule has 1 amide bonds. The van der Waals surface area contributed by atoms with E-state index < -0.39 is 17.6 Å². The number of hydrogen-bond donors (Lipinski definition) is 1. The summed E-state index contributed by atoms with van der Waals surface area (Å²) in [4.78, 5) is 25.2. The number of hydrogen-bond acceptors (Lipinski definition) is 5. The third-order valence-electron chi connectivity index (χ3n) is 4.26. The summed E-state index contributed by atoms with van der Waals surface area (Å²) in [6.45, 7) is 3.71. The van der Waals surface area contributed by atoms with Crippen LogP contribution in [-0.2, 0) is 15.3 Å². The molecule has 6 nitrogen and oxygen atoms in total. The normalized spacial score (nSPS) is 19.0. The van der Waals surface area contributed by atoms with Crippen molar-refractivity contribution in [2.24, 2.45) is 5.10 Å². The molecule has 27 heavy (non-hydrogen) atoms. The highest BCUT2D eigenvalue weighted by atomic mass is 35.5. The first kappa shape index (κ1) is 19.1. The van der Waals surface area contributed by atoms with E-state index in [0.29, 0.717) is 16.1 Å². The predicted molar refractivity (Wildman–Crippen MR) is 101 cm³/mol. The van der Waals surface area contributed by atoms with E-state index in [1.807, 2.05) is 13.0 Å². The molecule has 0 bridgehead atoms. The third kappa shape index (κ3) is 3.72. The summed E-state index contributed by atoms with van der Waals surface area (Å²) >= 11 is 5.93. The van der Waals surface area contributed by atoms with Crippen molar-refractivity contribution in [2.45, 2.75) is 26.0 Å². The van der Waals surface area contributed by atoms with Crippen LogP contribution in [0, 0.1) is 6.92 Å². The minimum atomic E-state index is -1.81. The summed E-state index contributed by atoms with van der Waals surface area (Å²) in [7, 11) is 0. The van der Waals surface area contributed by atoms with Crippen molar-refractivity contribution in [2.75, 3.05) is 6.61 Å². The van der Waals surface area contributed by atoms with Gasteiger partial charge in [0.25, 0.3) is 5.91 Å². The SMILES string of the molecule is CCOC(=O)C1=NN(C(=O)c2cccc(C)c2)[C@](O)(c2ccc(Cl)cc2)C1. The molecule has 2 aromatic carbocycles. The van der Waals surface area contributed by atoms with Gasteiger partial charge in [-0.1, -0.05) is 41.4 Å². The Morgan fingerprint density at radius 3 is 2.59 bits per heavy atom. The molecule has 0 aliphatic carbocycles. The zero-order valence-corrected chi connectivity index (χ0v) is 15.7. The number of aliphatic hydroxyl groups is 1. The molecule has 1 aliphatic heterocycles. The summed E-state index contributed by atoms with van der Waals surface area (Å²) in [6, 6.07) is 13.3. The van der Waals surface area contributed by atoms with Crippen LogP contribution in [0.1, 0.15) is 34.8 Å². The van der Waals surface area contributed by atoms with Gasteiger partial charge in [-0.2, -0.15) is 10.1 Å². The molecule has 140 valence electrons. The number of carbonyl (C=O) groups excluding carboxylic acids is 2. The summed E-state index contributed by atoms with van der Waals surface area (Å²) < 4.78 is 4.99. The molecule has 3 rings (SSSR count). The maximum absolute atomic E-state index is 13.1. The Morgan fingerprint density at radius 1 is 1.26 bits per heavy atom. The van der Waals surface area contributed by atoms with E-state index in [0.717, 1.165) is 10.6 Å². The molecular weight excluding hydrogens is 368 g/mol. The van der Waals surface area contributed by atoms with Crippen LogP contribution in [0.2, 0.25) is 5.02 Å². The number of halogens is 1. The lowest BCUT2D eigenvalue weighted by Crippen LogP contribution is -2.43. The Labute approximate surface area is 162 Å². The van der Waals surface area contributed by atoms with Crippen molar-refractivity contribution in [1.29, 1.82) is 0 Å². The molecule has 0 saturated heterocycles. The van der Waals surface area contributed by atoms with Gasteiger partial charge in [-0.3, -0.25) is 4.79 Å². The van der Waals surface area contributed by atoms with Gasteiger partial charge in [0.15, 0.2) is 11.4 Å². The minimum absolute atomic E-state index is 0.0182. The maximum Gasteiger partial charge on any atom is 0.354 e. The highest BCUT2D eigenvalue weighted by molar-refractivity contribution is 6.37. The number of amides is 1. The number of nitrogens with zero attached hydrogens (tertiary/aromatic N) is 2. The minimum Gasteiger partial charge on any atom is -0.461 e. The van der Waals surface area contributed by atoms with Crippen LogP contribution < -0.4 is 0 Å².